The third-order valence-corrected chi connectivity index (χ3v) is 10.8. The van der Waals surface area contributed by atoms with Gasteiger partial charge in [-0.05, 0) is 66.8 Å². The van der Waals surface area contributed by atoms with Gasteiger partial charge in [-0.3, -0.25) is 4.90 Å². The van der Waals surface area contributed by atoms with E-state index in [1.807, 2.05) is 0 Å². The summed E-state index contributed by atoms with van der Waals surface area (Å²) in [6.45, 7) is 2.04. The van der Waals surface area contributed by atoms with Gasteiger partial charge in [-0.15, -0.1) is 0 Å². The zero-order valence-corrected chi connectivity index (χ0v) is 21.4. The fourth-order valence-electron chi connectivity index (χ4n) is 8.41. The second-order valence-corrected chi connectivity index (χ2v) is 12.6. The molecule has 4 atom stereocenters. The third-order valence-electron chi connectivity index (χ3n) is 10.1. The van der Waals surface area contributed by atoms with Crippen molar-refractivity contribution in [2.45, 2.75) is 55.3 Å². The molecule has 0 unspecified atom stereocenters. The molecule has 1 saturated carbocycles. The molecule has 1 aromatic heterocycles. The molecule has 3 heterocycles. The highest BCUT2D eigenvalue weighted by Gasteiger charge is 2.72. The first-order chi connectivity index (χ1) is 17.5. The fourth-order valence-corrected chi connectivity index (χ4v) is 8.99. The number of piperidine rings is 1. The van der Waals surface area contributed by atoms with Crippen molar-refractivity contribution in [2.75, 3.05) is 13.1 Å². The highest BCUT2D eigenvalue weighted by Crippen LogP contribution is 2.69. The Morgan fingerprint density at radius 1 is 1.11 bits per heavy atom. The molecule has 1 spiro atoms. The van der Waals surface area contributed by atoms with Crippen LogP contribution in [-0.4, -0.2) is 44.8 Å². The van der Waals surface area contributed by atoms with Gasteiger partial charge in [0.25, 0.3) is 0 Å². The van der Waals surface area contributed by atoms with Crippen LogP contribution in [0.25, 0.3) is 21.7 Å². The summed E-state index contributed by atoms with van der Waals surface area (Å²) in [7, 11) is 0. The minimum atomic E-state index is -0.961. The molecule has 5 nitrogen and oxygen atoms in total. The van der Waals surface area contributed by atoms with Crippen LogP contribution >= 0.6 is 15.9 Å². The third kappa shape index (κ3) is 2.23. The van der Waals surface area contributed by atoms with Crippen molar-refractivity contribution in [1.29, 1.82) is 0 Å². The lowest BCUT2D eigenvalue weighted by Gasteiger charge is -2.62. The van der Waals surface area contributed by atoms with Gasteiger partial charge in [-0.25, -0.2) is 0 Å². The molecule has 182 valence electrons. The van der Waals surface area contributed by atoms with Crippen LogP contribution < -0.4 is 4.74 Å². The number of fused-ring (bicyclic) bond motifs is 6. The van der Waals surface area contributed by atoms with Crippen molar-refractivity contribution in [3.05, 3.63) is 69.3 Å². The lowest BCUT2D eigenvalue weighted by Crippen LogP contribution is -2.74. The first-order valence-electron chi connectivity index (χ1n) is 13.2. The summed E-state index contributed by atoms with van der Waals surface area (Å²) in [5.41, 5.74) is 4.10. The molecule has 0 amide bonds. The van der Waals surface area contributed by atoms with E-state index >= 15 is 0 Å². The number of nitrogens with one attached hydrogen (secondary N) is 1. The van der Waals surface area contributed by atoms with Crippen LogP contribution in [0.1, 0.15) is 47.8 Å². The number of phenolic OH excluding ortho intramolecular Hbond substituents is 1. The summed E-state index contributed by atoms with van der Waals surface area (Å²) in [6.07, 6.45) is 4.49. The Bertz CT molecular complexity index is 1640. The van der Waals surface area contributed by atoms with E-state index in [1.54, 1.807) is 6.07 Å². The van der Waals surface area contributed by atoms with Gasteiger partial charge in [0.2, 0.25) is 0 Å². The van der Waals surface area contributed by atoms with E-state index in [2.05, 4.69) is 62.2 Å². The van der Waals surface area contributed by atoms with E-state index in [1.165, 1.54) is 29.2 Å². The Morgan fingerprint density at radius 2 is 1.94 bits per heavy atom. The van der Waals surface area contributed by atoms with Crippen molar-refractivity contribution in [3.63, 3.8) is 0 Å². The van der Waals surface area contributed by atoms with Crippen molar-refractivity contribution in [1.82, 2.24) is 9.88 Å². The van der Waals surface area contributed by atoms with E-state index in [0.717, 1.165) is 64.0 Å². The Hall–Kier alpha value is -2.54. The van der Waals surface area contributed by atoms with Gasteiger partial charge in [0, 0.05) is 39.8 Å². The molecular formula is C30H27BrN2O3. The Morgan fingerprint density at radius 3 is 2.78 bits per heavy atom. The van der Waals surface area contributed by atoms with Crippen LogP contribution in [0, 0.1) is 5.92 Å². The molecule has 5 aliphatic rings. The maximum atomic E-state index is 13.0. The SMILES string of the molecule is Oc1ccc2c3c1O[C@H]1c4[nH]c5c(cc(Br)c6ccccc65)c4C[C@@]4(O)[C@@H](C2)N(CC2CC2)CC[C@]314. The number of hydrogen-bond donors (Lipinski definition) is 3. The van der Waals surface area contributed by atoms with Crippen molar-refractivity contribution >= 4 is 37.6 Å². The summed E-state index contributed by atoms with van der Waals surface area (Å²) >= 11 is 3.82. The van der Waals surface area contributed by atoms with E-state index < -0.39 is 11.0 Å². The number of hydrogen-bond acceptors (Lipinski definition) is 4. The zero-order valence-electron chi connectivity index (χ0n) is 19.9. The maximum Gasteiger partial charge on any atom is 0.166 e. The number of phenols is 1. The fraction of sp³-hybridized carbons (Fsp3) is 0.400. The average Bonchev–Trinajstić information content (AvgIpc) is 3.52. The van der Waals surface area contributed by atoms with Gasteiger partial charge in [0.15, 0.2) is 17.6 Å². The zero-order chi connectivity index (χ0) is 24.0. The van der Waals surface area contributed by atoms with Crippen LogP contribution in [-0.2, 0) is 18.3 Å². The van der Waals surface area contributed by atoms with Crippen molar-refractivity contribution in [2.24, 2.45) is 5.92 Å². The predicted molar refractivity (Wildman–Crippen MR) is 142 cm³/mol. The molecular weight excluding hydrogens is 516 g/mol. The number of halogens is 1. The molecule has 3 N–H and O–H groups in total. The lowest BCUT2D eigenvalue weighted by molar-refractivity contribution is -0.173. The molecule has 2 aliphatic heterocycles. The molecule has 3 aliphatic carbocycles. The van der Waals surface area contributed by atoms with Crippen LogP contribution in [0.5, 0.6) is 11.5 Å². The van der Waals surface area contributed by atoms with E-state index in [4.69, 9.17) is 4.74 Å². The Balaban J connectivity index is 1.35. The minimum Gasteiger partial charge on any atom is -0.504 e. The second-order valence-electron chi connectivity index (χ2n) is 11.8. The maximum absolute atomic E-state index is 13.0. The summed E-state index contributed by atoms with van der Waals surface area (Å²) in [5.74, 6) is 1.54. The standard InChI is InChI=1S/C30H27BrN2O3/c31-21-12-19-20-13-30(35)23-11-16-7-8-22(34)27-24(16)29(30,9-10-33(23)14-15-5-6-15)28(36-27)26(20)32-25(19)18-4-2-1-3-17(18)21/h1-4,7-8,12,15,23,28,32,34-35H,5-6,9-11,13-14H2/t23-,28+,29+,30-/m1/s1. The van der Waals surface area contributed by atoms with Crippen molar-refractivity contribution in [3.8, 4) is 11.5 Å². The first kappa shape index (κ1) is 20.5. The number of H-pyrrole nitrogens is 1. The smallest absolute Gasteiger partial charge is 0.166 e. The van der Waals surface area contributed by atoms with Gasteiger partial charge in [-0.1, -0.05) is 46.3 Å². The first-order valence-corrected chi connectivity index (χ1v) is 14.0. The van der Waals surface area contributed by atoms with Gasteiger partial charge < -0.3 is 19.9 Å². The van der Waals surface area contributed by atoms with Gasteiger partial charge in [-0.2, -0.15) is 0 Å². The lowest BCUT2D eigenvalue weighted by atomic mass is 9.49. The number of aromatic amines is 1. The normalized spacial score (nSPS) is 31.9. The molecule has 2 fully saturated rings. The highest BCUT2D eigenvalue weighted by molar-refractivity contribution is 9.10. The molecule has 3 aromatic carbocycles. The monoisotopic (exact) mass is 542 g/mol. The quantitative estimate of drug-likeness (QED) is 0.313. The average molecular weight is 543 g/mol. The summed E-state index contributed by atoms with van der Waals surface area (Å²) in [4.78, 5) is 6.37. The molecule has 6 heteroatoms. The molecule has 36 heavy (non-hydrogen) atoms. The number of aliphatic hydroxyl groups is 1. The molecule has 0 radical (unpaired) electrons. The molecule has 4 aromatic rings. The van der Waals surface area contributed by atoms with E-state index in [-0.39, 0.29) is 17.9 Å². The Kier molecular flexibility index (Phi) is 3.69. The second kappa shape index (κ2) is 6.47. The number of aromatic nitrogens is 1. The minimum absolute atomic E-state index is 0.0444. The van der Waals surface area contributed by atoms with E-state index in [9.17, 15) is 10.2 Å². The number of aromatic hydroxyl groups is 1. The summed E-state index contributed by atoms with van der Waals surface area (Å²) < 4.78 is 7.79. The molecule has 2 bridgehead atoms. The van der Waals surface area contributed by atoms with Crippen LogP contribution in [0.15, 0.2) is 46.9 Å². The molecule has 1 saturated heterocycles. The van der Waals surface area contributed by atoms with E-state index in [0.29, 0.717) is 12.2 Å². The number of nitrogens with zero attached hydrogens (tertiary/aromatic N) is 1. The Labute approximate surface area is 217 Å². The summed E-state index contributed by atoms with van der Waals surface area (Å²) in [6, 6.07) is 14.5. The van der Waals surface area contributed by atoms with Gasteiger partial charge >= 0.3 is 0 Å². The van der Waals surface area contributed by atoms with Crippen molar-refractivity contribution < 1.29 is 14.9 Å². The molecule has 9 rings (SSSR count). The number of benzene rings is 3. The topological polar surface area (TPSA) is 68.7 Å². The van der Waals surface area contributed by atoms with Crippen LogP contribution in [0.3, 0.4) is 0 Å². The highest BCUT2D eigenvalue weighted by atomic mass is 79.9. The number of rotatable bonds is 2. The largest absolute Gasteiger partial charge is 0.504 e. The predicted octanol–water partition coefficient (Wildman–Crippen LogP) is 5.49. The number of likely N-dealkylation sites (tertiary alicyclic amines) is 1. The van der Waals surface area contributed by atoms with Crippen LogP contribution in [0.4, 0.5) is 0 Å². The van der Waals surface area contributed by atoms with Crippen LogP contribution in [0.2, 0.25) is 0 Å². The van der Waals surface area contributed by atoms with Gasteiger partial charge in [0.1, 0.15) is 0 Å². The number of ether oxygens (including phenoxy) is 1. The summed E-state index contributed by atoms with van der Waals surface area (Å²) in [5, 5.41) is 27.4. The van der Waals surface area contributed by atoms with Gasteiger partial charge in [0.05, 0.1) is 22.2 Å².